The van der Waals surface area contributed by atoms with Crippen LogP contribution in [0.1, 0.15) is 5.56 Å². The largest absolute Gasteiger partial charge is 0.482 e. The van der Waals surface area contributed by atoms with E-state index >= 15 is 0 Å². The molecule has 2 rings (SSSR count). The summed E-state index contributed by atoms with van der Waals surface area (Å²) in [7, 11) is -2.46. The van der Waals surface area contributed by atoms with Gasteiger partial charge < -0.3 is 9.47 Å². The number of nitrogens with one attached hydrogen (secondary N) is 1. The van der Waals surface area contributed by atoms with Crippen LogP contribution in [0, 0.1) is 0 Å². The number of carbonyl (C=O) groups is 1. The van der Waals surface area contributed by atoms with Crippen LogP contribution in [0.15, 0.2) is 24.3 Å². The number of esters is 1. The van der Waals surface area contributed by atoms with E-state index in [1.165, 1.54) is 7.11 Å². The Morgan fingerprint density at radius 2 is 2.09 bits per heavy atom. The molecular weight excluding hydrogens is 315 g/mol. The maximum atomic E-state index is 12.7. The van der Waals surface area contributed by atoms with Crippen LogP contribution in [0.2, 0.25) is 0 Å². The number of halogens is 1. The summed E-state index contributed by atoms with van der Waals surface area (Å²) in [4.78, 5) is 11.1. The Balaban J connectivity index is 1.96. The molecule has 122 valence electrons. The van der Waals surface area contributed by atoms with Crippen molar-refractivity contribution in [3.63, 3.8) is 0 Å². The minimum atomic E-state index is -3.71. The Hall–Kier alpha value is -1.71. The molecule has 1 aliphatic rings. The van der Waals surface area contributed by atoms with E-state index in [1.807, 2.05) is 0 Å². The van der Waals surface area contributed by atoms with Crippen LogP contribution in [0.5, 0.6) is 5.75 Å². The topological polar surface area (TPSA) is 84.9 Å². The quantitative estimate of drug-likeness (QED) is 0.723. The van der Waals surface area contributed by atoms with Gasteiger partial charge in [-0.05, 0) is 6.07 Å². The zero-order valence-corrected chi connectivity index (χ0v) is 12.8. The SMILES string of the molecule is COC(=O)COc1ccccc1CNS(=O)(=O)N1CC(F)C1. The van der Waals surface area contributed by atoms with Gasteiger partial charge in [0.25, 0.3) is 10.2 Å². The van der Waals surface area contributed by atoms with Crippen LogP contribution in [0.3, 0.4) is 0 Å². The Morgan fingerprint density at radius 1 is 1.41 bits per heavy atom. The van der Waals surface area contributed by atoms with Crippen molar-refractivity contribution in [2.45, 2.75) is 12.7 Å². The summed E-state index contributed by atoms with van der Waals surface area (Å²) in [6.07, 6.45) is -1.10. The molecule has 0 atom stereocenters. The summed E-state index contributed by atoms with van der Waals surface area (Å²) in [6, 6.07) is 6.71. The van der Waals surface area contributed by atoms with Crippen molar-refractivity contribution in [3.8, 4) is 5.75 Å². The maximum Gasteiger partial charge on any atom is 0.343 e. The van der Waals surface area contributed by atoms with Gasteiger partial charge in [-0.25, -0.2) is 9.18 Å². The minimum Gasteiger partial charge on any atom is -0.482 e. The van der Waals surface area contributed by atoms with Crippen molar-refractivity contribution in [3.05, 3.63) is 29.8 Å². The maximum absolute atomic E-state index is 12.7. The van der Waals surface area contributed by atoms with Crippen LogP contribution in [0.4, 0.5) is 4.39 Å². The van der Waals surface area contributed by atoms with Gasteiger partial charge in [0, 0.05) is 25.2 Å². The molecular formula is C13H17FN2O5S. The fraction of sp³-hybridized carbons (Fsp3) is 0.462. The molecule has 0 amide bonds. The fourth-order valence-electron chi connectivity index (χ4n) is 1.83. The molecule has 0 saturated carbocycles. The number of rotatable bonds is 7. The highest BCUT2D eigenvalue weighted by molar-refractivity contribution is 7.87. The second-order valence-electron chi connectivity index (χ2n) is 4.71. The molecule has 0 aromatic heterocycles. The average molecular weight is 332 g/mol. The molecule has 1 aromatic carbocycles. The lowest BCUT2D eigenvalue weighted by Crippen LogP contribution is -2.55. The molecule has 0 aliphatic carbocycles. The van der Waals surface area contributed by atoms with E-state index in [2.05, 4.69) is 9.46 Å². The molecule has 1 heterocycles. The first-order valence-corrected chi connectivity index (χ1v) is 8.02. The van der Waals surface area contributed by atoms with E-state index in [4.69, 9.17) is 4.74 Å². The molecule has 7 nitrogen and oxygen atoms in total. The summed E-state index contributed by atoms with van der Waals surface area (Å²) in [5, 5.41) is 0. The Bertz CT molecular complexity index is 631. The van der Waals surface area contributed by atoms with Crippen LogP contribution in [-0.4, -0.2) is 51.7 Å². The molecule has 0 radical (unpaired) electrons. The van der Waals surface area contributed by atoms with Gasteiger partial charge in [-0.2, -0.15) is 17.4 Å². The van der Waals surface area contributed by atoms with Crippen molar-refractivity contribution in [2.75, 3.05) is 26.8 Å². The minimum absolute atomic E-state index is 0.0207. The van der Waals surface area contributed by atoms with E-state index in [0.29, 0.717) is 11.3 Å². The summed E-state index contributed by atoms with van der Waals surface area (Å²) in [5.74, 6) is -0.160. The molecule has 22 heavy (non-hydrogen) atoms. The molecule has 0 unspecified atom stereocenters. The zero-order valence-electron chi connectivity index (χ0n) is 12.0. The van der Waals surface area contributed by atoms with Gasteiger partial charge in [0.05, 0.1) is 7.11 Å². The Labute approximate surface area is 128 Å². The van der Waals surface area contributed by atoms with Crippen molar-refractivity contribution in [1.82, 2.24) is 9.03 Å². The predicted molar refractivity (Wildman–Crippen MR) is 76.2 cm³/mol. The van der Waals surface area contributed by atoms with E-state index in [-0.39, 0.29) is 26.2 Å². The molecule has 0 bridgehead atoms. The van der Waals surface area contributed by atoms with Gasteiger partial charge in [-0.3, -0.25) is 0 Å². The molecule has 0 spiro atoms. The first kappa shape index (κ1) is 16.7. The third kappa shape index (κ3) is 4.15. The number of methoxy groups -OCH3 is 1. The zero-order chi connectivity index (χ0) is 16.2. The van der Waals surface area contributed by atoms with Crippen molar-refractivity contribution in [1.29, 1.82) is 0 Å². The number of carbonyl (C=O) groups excluding carboxylic acids is 1. The highest BCUT2D eigenvalue weighted by Crippen LogP contribution is 2.19. The molecule has 1 N–H and O–H groups in total. The molecule has 9 heteroatoms. The summed E-state index contributed by atoms with van der Waals surface area (Å²) in [5.41, 5.74) is 0.562. The van der Waals surface area contributed by atoms with Gasteiger partial charge in [0.1, 0.15) is 11.9 Å². The third-order valence-electron chi connectivity index (χ3n) is 3.13. The van der Waals surface area contributed by atoms with Gasteiger partial charge in [-0.15, -0.1) is 0 Å². The van der Waals surface area contributed by atoms with Crippen molar-refractivity contribution >= 4 is 16.2 Å². The summed E-state index contributed by atoms with van der Waals surface area (Å²) in [6.45, 7) is -0.547. The molecule has 1 aromatic rings. The Kier molecular flexibility index (Phi) is 5.33. The standard InChI is InChI=1S/C13H17FN2O5S/c1-20-13(17)9-21-12-5-3-2-4-10(12)6-15-22(18,19)16-7-11(14)8-16/h2-5,11,15H,6-9H2,1H3. The second-order valence-corrected chi connectivity index (χ2v) is 6.47. The number of benzene rings is 1. The lowest BCUT2D eigenvalue weighted by Gasteiger charge is -2.32. The Morgan fingerprint density at radius 3 is 2.73 bits per heavy atom. The average Bonchev–Trinajstić information content (AvgIpc) is 2.48. The van der Waals surface area contributed by atoms with Crippen LogP contribution < -0.4 is 9.46 Å². The van der Waals surface area contributed by atoms with E-state index < -0.39 is 22.4 Å². The van der Waals surface area contributed by atoms with Crippen molar-refractivity contribution < 1.29 is 27.1 Å². The monoisotopic (exact) mass is 332 g/mol. The highest BCUT2D eigenvalue weighted by atomic mass is 32.2. The van der Waals surface area contributed by atoms with E-state index in [1.54, 1.807) is 24.3 Å². The molecule has 1 saturated heterocycles. The normalized spacial score (nSPS) is 16.1. The summed E-state index contributed by atoms with van der Waals surface area (Å²) >= 11 is 0. The smallest absolute Gasteiger partial charge is 0.343 e. The highest BCUT2D eigenvalue weighted by Gasteiger charge is 2.35. The lowest BCUT2D eigenvalue weighted by atomic mass is 10.2. The van der Waals surface area contributed by atoms with Crippen LogP contribution in [-0.2, 0) is 26.3 Å². The number of para-hydroxylation sites is 1. The van der Waals surface area contributed by atoms with Crippen LogP contribution >= 0.6 is 0 Å². The first-order valence-electron chi connectivity index (χ1n) is 6.58. The predicted octanol–water partition coefficient (Wildman–Crippen LogP) is 0.226. The first-order chi connectivity index (χ1) is 10.4. The van der Waals surface area contributed by atoms with Gasteiger partial charge in [0.2, 0.25) is 0 Å². The van der Waals surface area contributed by atoms with Gasteiger partial charge >= 0.3 is 5.97 Å². The third-order valence-corrected chi connectivity index (χ3v) is 4.62. The lowest BCUT2D eigenvalue weighted by molar-refractivity contribution is -0.142. The number of ether oxygens (including phenoxy) is 2. The summed E-state index contributed by atoms with van der Waals surface area (Å²) < 4.78 is 49.7. The van der Waals surface area contributed by atoms with E-state index in [0.717, 1.165) is 4.31 Å². The fourth-order valence-corrected chi connectivity index (χ4v) is 3.07. The second kappa shape index (κ2) is 7.03. The van der Waals surface area contributed by atoms with Crippen molar-refractivity contribution in [2.24, 2.45) is 0 Å². The number of hydrogen-bond donors (Lipinski definition) is 1. The number of alkyl halides is 1. The van der Waals surface area contributed by atoms with E-state index in [9.17, 15) is 17.6 Å². The number of hydrogen-bond acceptors (Lipinski definition) is 5. The van der Waals surface area contributed by atoms with Gasteiger partial charge in [0.15, 0.2) is 6.61 Å². The van der Waals surface area contributed by atoms with Crippen LogP contribution in [0.25, 0.3) is 0 Å². The molecule has 1 aliphatic heterocycles. The van der Waals surface area contributed by atoms with Gasteiger partial charge in [-0.1, -0.05) is 18.2 Å². The molecule has 1 fully saturated rings. The number of nitrogens with zero attached hydrogens (tertiary/aromatic N) is 1.